The standard InChI is InChI=1S/C19H18N6O2S/c1-3-25-17(13-8-10-20-11-9-13)22-23-19(25)28-12-16-21-18(27-24-16)14-4-6-15(26-2)7-5-14/h4-11H,3,12H2,1-2H3. The number of rotatable bonds is 7. The highest BCUT2D eigenvalue weighted by Gasteiger charge is 2.15. The highest BCUT2D eigenvalue weighted by molar-refractivity contribution is 7.98. The fourth-order valence-corrected chi connectivity index (χ4v) is 3.53. The van der Waals surface area contributed by atoms with E-state index < -0.39 is 0 Å². The summed E-state index contributed by atoms with van der Waals surface area (Å²) in [5, 5.41) is 13.5. The average molecular weight is 394 g/mol. The van der Waals surface area contributed by atoms with Crippen LogP contribution in [-0.2, 0) is 12.3 Å². The Bertz CT molecular complexity index is 1050. The van der Waals surface area contributed by atoms with Crippen LogP contribution < -0.4 is 4.74 Å². The molecule has 4 rings (SSSR count). The van der Waals surface area contributed by atoms with Crippen LogP contribution in [-0.4, -0.2) is 37.0 Å². The summed E-state index contributed by atoms with van der Waals surface area (Å²) in [6, 6.07) is 11.3. The molecule has 1 aromatic carbocycles. The fraction of sp³-hybridized carbons (Fsp3) is 0.211. The first-order valence-corrected chi connectivity index (χ1v) is 9.70. The van der Waals surface area contributed by atoms with Crippen molar-refractivity contribution in [1.29, 1.82) is 0 Å². The number of hydrogen-bond donors (Lipinski definition) is 0. The van der Waals surface area contributed by atoms with E-state index in [1.165, 1.54) is 11.8 Å². The molecular formula is C19H18N6O2S. The first-order chi connectivity index (χ1) is 13.8. The number of thioether (sulfide) groups is 1. The Kier molecular flexibility index (Phi) is 5.34. The van der Waals surface area contributed by atoms with Gasteiger partial charge in [-0.25, -0.2) is 0 Å². The van der Waals surface area contributed by atoms with Crippen LogP contribution >= 0.6 is 11.8 Å². The lowest BCUT2D eigenvalue weighted by Crippen LogP contribution is -2.00. The smallest absolute Gasteiger partial charge is 0.257 e. The Hall–Kier alpha value is -3.20. The quantitative estimate of drug-likeness (QED) is 0.438. The molecule has 0 bridgehead atoms. The molecule has 0 aliphatic heterocycles. The Labute approximate surface area is 166 Å². The van der Waals surface area contributed by atoms with Crippen LogP contribution in [0.2, 0.25) is 0 Å². The zero-order chi connectivity index (χ0) is 19.3. The molecule has 9 heteroatoms. The van der Waals surface area contributed by atoms with Gasteiger partial charge in [-0.3, -0.25) is 4.98 Å². The summed E-state index contributed by atoms with van der Waals surface area (Å²) in [7, 11) is 1.63. The SMILES string of the molecule is CCn1c(SCc2noc(-c3ccc(OC)cc3)n2)nnc1-c1ccncc1. The van der Waals surface area contributed by atoms with Gasteiger partial charge in [0.15, 0.2) is 16.8 Å². The van der Waals surface area contributed by atoms with Crippen LogP contribution in [0.4, 0.5) is 0 Å². The molecule has 142 valence electrons. The van der Waals surface area contributed by atoms with Crippen molar-refractivity contribution in [2.24, 2.45) is 0 Å². The number of methoxy groups -OCH3 is 1. The minimum absolute atomic E-state index is 0.479. The normalized spacial score (nSPS) is 10.9. The lowest BCUT2D eigenvalue weighted by molar-refractivity contribution is 0.414. The van der Waals surface area contributed by atoms with Crippen molar-refractivity contribution in [1.82, 2.24) is 29.9 Å². The number of hydrogen-bond acceptors (Lipinski definition) is 8. The van der Waals surface area contributed by atoms with Crippen molar-refractivity contribution in [3.63, 3.8) is 0 Å². The lowest BCUT2D eigenvalue weighted by atomic mass is 10.2. The molecule has 8 nitrogen and oxygen atoms in total. The highest BCUT2D eigenvalue weighted by Crippen LogP contribution is 2.26. The Morgan fingerprint density at radius 3 is 2.54 bits per heavy atom. The molecule has 3 heterocycles. The van der Waals surface area contributed by atoms with Crippen LogP contribution in [0.5, 0.6) is 5.75 Å². The molecule has 0 aliphatic rings. The molecule has 0 aliphatic carbocycles. The molecule has 0 amide bonds. The Morgan fingerprint density at radius 2 is 1.82 bits per heavy atom. The van der Waals surface area contributed by atoms with Gasteiger partial charge in [0.2, 0.25) is 0 Å². The maximum Gasteiger partial charge on any atom is 0.257 e. The molecule has 4 aromatic rings. The molecule has 28 heavy (non-hydrogen) atoms. The summed E-state index contributed by atoms with van der Waals surface area (Å²) in [5.74, 6) is 3.22. The summed E-state index contributed by atoms with van der Waals surface area (Å²) in [5.41, 5.74) is 1.83. The fourth-order valence-electron chi connectivity index (χ4n) is 2.69. The average Bonchev–Trinajstić information content (AvgIpc) is 3.39. The second kappa shape index (κ2) is 8.22. The largest absolute Gasteiger partial charge is 0.497 e. The van der Waals surface area contributed by atoms with E-state index in [-0.39, 0.29) is 0 Å². The molecule has 0 radical (unpaired) electrons. The van der Waals surface area contributed by atoms with Crippen LogP contribution in [0.1, 0.15) is 12.7 Å². The van der Waals surface area contributed by atoms with E-state index in [2.05, 4.69) is 36.8 Å². The summed E-state index contributed by atoms with van der Waals surface area (Å²) < 4.78 is 12.6. The number of ether oxygens (including phenoxy) is 1. The van der Waals surface area contributed by atoms with E-state index in [9.17, 15) is 0 Å². The molecule has 0 unspecified atom stereocenters. The number of aromatic nitrogens is 6. The van der Waals surface area contributed by atoms with Crippen molar-refractivity contribution in [3.8, 4) is 28.6 Å². The van der Waals surface area contributed by atoms with E-state index in [1.807, 2.05) is 36.4 Å². The van der Waals surface area contributed by atoms with E-state index in [1.54, 1.807) is 19.5 Å². The minimum atomic E-state index is 0.479. The summed E-state index contributed by atoms with van der Waals surface area (Å²) in [6.07, 6.45) is 3.49. The maximum absolute atomic E-state index is 5.38. The van der Waals surface area contributed by atoms with Gasteiger partial charge in [0, 0.05) is 30.1 Å². The van der Waals surface area contributed by atoms with Gasteiger partial charge in [-0.1, -0.05) is 16.9 Å². The number of benzene rings is 1. The van der Waals surface area contributed by atoms with Gasteiger partial charge in [0.05, 0.1) is 12.9 Å². The van der Waals surface area contributed by atoms with Crippen molar-refractivity contribution >= 4 is 11.8 Å². The zero-order valence-electron chi connectivity index (χ0n) is 15.4. The van der Waals surface area contributed by atoms with Gasteiger partial charge in [-0.05, 0) is 43.3 Å². The third-order valence-corrected chi connectivity index (χ3v) is 5.07. The molecule has 0 fully saturated rings. The summed E-state index contributed by atoms with van der Waals surface area (Å²) in [4.78, 5) is 8.52. The number of nitrogens with zero attached hydrogens (tertiary/aromatic N) is 6. The van der Waals surface area contributed by atoms with E-state index in [0.717, 1.165) is 34.4 Å². The molecule has 3 aromatic heterocycles. The predicted molar refractivity (Wildman–Crippen MR) is 105 cm³/mol. The molecule has 0 atom stereocenters. The molecule has 0 saturated carbocycles. The van der Waals surface area contributed by atoms with Gasteiger partial charge < -0.3 is 13.8 Å². The molecule has 0 saturated heterocycles. The maximum atomic E-state index is 5.38. The molecule has 0 spiro atoms. The first kappa shape index (κ1) is 18.2. The summed E-state index contributed by atoms with van der Waals surface area (Å²) in [6.45, 7) is 2.82. The van der Waals surface area contributed by atoms with Gasteiger partial charge in [-0.2, -0.15) is 4.98 Å². The Balaban J connectivity index is 1.48. The zero-order valence-corrected chi connectivity index (χ0v) is 16.3. The Morgan fingerprint density at radius 1 is 1.04 bits per heavy atom. The lowest BCUT2D eigenvalue weighted by Gasteiger charge is -2.06. The second-order valence-corrected chi connectivity index (χ2v) is 6.76. The third-order valence-electron chi connectivity index (χ3n) is 4.11. The summed E-state index contributed by atoms with van der Waals surface area (Å²) >= 11 is 1.52. The highest BCUT2D eigenvalue weighted by atomic mass is 32.2. The molecule has 0 N–H and O–H groups in total. The van der Waals surface area contributed by atoms with E-state index in [4.69, 9.17) is 9.26 Å². The third kappa shape index (κ3) is 3.74. The van der Waals surface area contributed by atoms with Crippen LogP contribution in [0.25, 0.3) is 22.8 Å². The van der Waals surface area contributed by atoms with E-state index in [0.29, 0.717) is 17.5 Å². The van der Waals surface area contributed by atoms with Crippen molar-refractivity contribution < 1.29 is 9.26 Å². The first-order valence-electron chi connectivity index (χ1n) is 8.72. The van der Waals surface area contributed by atoms with Crippen LogP contribution in [0, 0.1) is 0 Å². The van der Waals surface area contributed by atoms with Gasteiger partial charge in [-0.15, -0.1) is 10.2 Å². The van der Waals surface area contributed by atoms with Crippen LogP contribution in [0.15, 0.2) is 58.5 Å². The number of pyridine rings is 1. The topological polar surface area (TPSA) is 91.8 Å². The van der Waals surface area contributed by atoms with Crippen molar-refractivity contribution in [2.75, 3.05) is 7.11 Å². The monoisotopic (exact) mass is 394 g/mol. The van der Waals surface area contributed by atoms with Crippen molar-refractivity contribution in [3.05, 3.63) is 54.6 Å². The van der Waals surface area contributed by atoms with Gasteiger partial charge >= 0.3 is 0 Å². The predicted octanol–water partition coefficient (Wildman–Crippen LogP) is 3.71. The van der Waals surface area contributed by atoms with Gasteiger partial charge in [0.1, 0.15) is 5.75 Å². The van der Waals surface area contributed by atoms with Crippen molar-refractivity contribution in [2.45, 2.75) is 24.4 Å². The molecular weight excluding hydrogens is 376 g/mol. The van der Waals surface area contributed by atoms with Crippen LogP contribution in [0.3, 0.4) is 0 Å². The van der Waals surface area contributed by atoms with Gasteiger partial charge in [0.25, 0.3) is 5.89 Å². The second-order valence-electron chi connectivity index (χ2n) is 5.82. The minimum Gasteiger partial charge on any atom is -0.497 e. The van der Waals surface area contributed by atoms with E-state index >= 15 is 0 Å².